The lowest BCUT2D eigenvalue weighted by atomic mass is 10.4. The number of hydrogen-bond acceptors (Lipinski definition) is 6. The number of nitrogens with zero attached hydrogens (tertiary/aromatic N) is 4. The molecule has 1 aromatic heterocycles. The van der Waals surface area contributed by atoms with E-state index >= 15 is 0 Å². The van der Waals surface area contributed by atoms with Gasteiger partial charge in [-0.25, -0.2) is 0 Å². The lowest BCUT2D eigenvalue weighted by molar-refractivity contribution is -0.650. The molecule has 0 spiro atoms. The lowest BCUT2D eigenvalue weighted by Gasteiger charge is -2.21. The van der Waals surface area contributed by atoms with Gasteiger partial charge in [0.25, 0.3) is 5.82 Å². The second kappa shape index (κ2) is 3.57. The second-order valence-corrected chi connectivity index (χ2v) is 4.41. The van der Waals surface area contributed by atoms with Crippen molar-refractivity contribution >= 4 is 30.0 Å². The van der Waals surface area contributed by atoms with Crippen LogP contribution in [0.1, 0.15) is 5.76 Å². The van der Waals surface area contributed by atoms with Gasteiger partial charge in [-0.2, -0.15) is 9.98 Å². The molecule has 0 saturated heterocycles. The normalized spacial score (nSPS) is 26.3. The molecule has 3 heterocycles. The maximum atomic E-state index is 5.71. The number of quaternary nitrogens is 1. The van der Waals surface area contributed by atoms with Gasteiger partial charge < -0.3 is 10.2 Å². The molecule has 0 saturated carbocycles. The van der Waals surface area contributed by atoms with Gasteiger partial charge in [0.2, 0.25) is 12.2 Å². The number of furan rings is 1. The molecule has 0 fully saturated rings. The van der Waals surface area contributed by atoms with Crippen LogP contribution in [0.25, 0.3) is 0 Å². The molecule has 1 unspecified atom stereocenters. The van der Waals surface area contributed by atoms with Crippen LogP contribution in [0.4, 0.5) is 0 Å². The summed E-state index contributed by atoms with van der Waals surface area (Å²) in [7, 11) is 0. The van der Waals surface area contributed by atoms with E-state index in [1.165, 1.54) is 11.9 Å². The highest BCUT2D eigenvalue weighted by molar-refractivity contribution is 7.93. The Morgan fingerprint density at radius 1 is 1.47 bits per heavy atom. The molecule has 2 aliphatic rings. The summed E-state index contributed by atoms with van der Waals surface area (Å²) in [6, 6.07) is 3.61. The fourth-order valence-corrected chi connectivity index (χ4v) is 2.24. The van der Waals surface area contributed by atoms with Crippen LogP contribution in [0.2, 0.25) is 0 Å². The molecular formula is C10H10N5OS+. The minimum Gasteiger partial charge on any atom is -0.461 e. The second-order valence-electron chi connectivity index (χ2n) is 3.49. The summed E-state index contributed by atoms with van der Waals surface area (Å²) in [5.41, 5.74) is 5.71. The van der Waals surface area contributed by atoms with Crippen LogP contribution in [-0.2, 0) is 0 Å². The summed E-state index contributed by atoms with van der Waals surface area (Å²) in [5, 5.41) is 4.29. The van der Waals surface area contributed by atoms with Crippen molar-refractivity contribution in [2.24, 2.45) is 20.8 Å². The molecule has 0 bridgehead atoms. The molecule has 1 aromatic rings. The minimum absolute atomic E-state index is 0.149. The molecule has 86 valence electrons. The number of rotatable bonds is 2. The molecule has 3 rings (SSSR count). The zero-order chi connectivity index (χ0) is 11.9. The first-order valence-corrected chi connectivity index (χ1v) is 6.12. The van der Waals surface area contributed by atoms with Gasteiger partial charge in [0.05, 0.1) is 12.3 Å². The maximum absolute atomic E-state index is 5.71. The first kappa shape index (κ1) is 10.3. The highest BCUT2D eigenvalue weighted by Gasteiger charge is 2.41. The highest BCUT2D eigenvalue weighted by atomic mass is 32.2. The monoisotopic (exact) mass is 248 g/mol. The molecule has 0 radical (unpaired) electrons. The molecule has 2 N–H and O–H groups in total. The van der Waals surface area contributed by atoms with Crippen LogP contribution >= 0.6 is 11.9 Å². The number of fused-ring (bicyclic) bond motifs is 1. The summed E-state index contributed by atoms with van der Waals surface area (Å²) < 4.78 is 5.41. The van der Waals surface area contributed by atoms with Gasteiger partial charge in [-0.3, -0.25) is 0 Å². The smallest absolute Gasteiger partial charge is 0.278 e. The zero-order valence-corrected chi connectivity index (χ0v) is 9.89. The van der Waals surface area contributed by atoms with Crippen molar-refractivity contribution < 1.29 is 8.41 Å². The molecule has 0 aromatic carbocycles. The van der Waals surface area contributed by atoms with Crippen molar-refractivity contribution in [2.75, 3.05) is 6.26 Å². The third kappa shape index (κ3) is 1.51. The number of amidine groups is 2. The standard InChI is InChI=1S/C10H10N5OS/c1-17-15-6-12-10(7-3-2-4-16-7)13-9(15)5-8(11)14-15/h2-6H,1H3,(H2,11,14)/q+1. The van der Waals surface area contributed by atoms with E-state index in [1.807, 2.05) is 12.3 Å². The van der Waals surface area contributed by atoms with Crippen LogP contribution in [0, 0.1) is 0 Å². The fraction of sp³-hybridized carbons (Fsp3) is 0.100. The van der Waals surface area contributed by atoms with Gasteiger partial charge in [-0.15, -0.1) is 0 Å². The predicted molar refractivity (Wildman–Crippen MR) is 67.2 cm³/mol. The quantitative estimate of drug-likeness (QED) is 0.633. The van der Waals surface area contributed by atoms with Gasteiger partial charge in [0.1, 0.15) is 11.9 Å². The Balaban J connectivity index is 2.05. The van der Waals surface area contributed by atoms with Crippen molar-refractivity contribution in [1.82, 2.24) is 0 Å². The largest absolute Gasteiger partial charge is 0.461 e. The van der Waals surface area contributed by atoms with E-state index in [0.29, 0.717) is 17.4 Å². The van der Waals surface area contributed by atoms with Crippen molar-refractivity contribution in [2.45, 2.75) is 0 Å². The molecule has 7 heteroatoms. The maximum Gasteiger partial charge on any atom is 0.278 e. The predicted octanol–water partition coefficient (Wildman–Crippen LogP) is 1.29. The Labute approximate surface area is 102 Å². The zero-order valence-electron chi connectivity index (χ0n) is 9.07. The van der Waals surface area contributed by atoms with E-state index in [4.69, 9.17) is 10.2 Å². The van der Waals surface area contributed by atoms with Crippen molar-refractivity contribution in [3.05, 3.63) is 36.1 Å². The summed E-state index contributed by atoms with van der Waals surface area (Å²) in [6.45, 7) is 0. The van der Waals surface area contributed by atoms with E-state index in [2.05, 4.69) is 15.1 Å². The number of hydrogen-bond donors (Lipinski definition) is 1. The summed E-state index contributed by atoms with van der Waals surface area (Å²) in [6.07, 6.45) is 6.95. The molecule has 0 aliphatic carbocycles. The SMILES string of the molecule is CS[N+]12C=NC(c3ccco3)=NC1=CC(N)=N2. The number of aliphatic imine (C=N–C) groups is 2. The van der Waals surface area contributed by atoms with Gasteiger partial charge in [0.15, 0.2) is 11.6 Å². The van der Waals surface area contributed by atoms with Crippen LogP contribution in [0.3, 0.4) is 0 Å². The first-order valence-electron chi connectivity index (χ1n) is 4.94. The van der Waals surface area contributed by atoms with Crippen LogP contribution in [0.15, 0.2) is 49.8 Å². The van der Waals surface area contributed by atoms with E-state index < -0.39 is 0 Å². The van der Waals surface area contributed by atoms with E-state index in [-0.39, 0.29) is 4.00 Å². The van der Waals surface area contributed by atoms with Gasteiger partial charge in [-0.05, 0) is 21.2 Å². The Kier molecular flexibility index (Phi) is 2.17. The Morgan fingerprint density at radius 2 is 2.35 bits per heavy atom. The van der Waals surface area contributed by atoms with Crippen LogP contribution in [-0.4, -0.2) is 28.3 Å². The van der Waals surface area contributed by atoms with Gasteiger partial charge >= 0.3 is 0 Å². The fourth-order valence-electron chi connectivity index (χ4n) is 1.64. The Morgan fingerprint density at radius 3 is 3.06 bits per heavy atom. The van der Waals surface area contributed by atoms with E-state index in [9.17, 15) is 0 Å². The highest BCUT2D eigenvalue weighted by Crippen LogP contribution is 2.34. The van der Waals surface area contributed by atoms with Crippen molar-refractivity contribution in [3.8, 4) is 0 Å². The Bertz CT molecular complexity index is 572. The topological polar surface area (TPSA) is 76.2 Å². The van der Waals surface area contributed by atoms with Gasteiger partial charge in [-0.1, -0.05) is 0 Å². The molecular weight excluding hydrogens is 238 g/mol. The van der Waals surface area contributed by atoms with Crippen molar-refractivity contribution in [3.63, 3.8) is 0 Å². The molecule has 6 nitrogen and oxygen atoms in total. The Hall–Kier alpha value is -1.86. The third-order valence-corrected chi connectivity index (χ3v) is 3.37. The lowest BCUT2D eigenvalue weighted by Crippen LogP contribution is -2.33. The summed E-state index contributed by atoms with van der Waals surface area (Å²) in [4.78, 5) is 8.69. The minimum atomic E-state index is 0.149. The van der Waals surface area contributed by atoms with Crippen molar-refractivity contribution in [1.29, 1.82) is 0 Å². The van der Waals surface area contributed by atoms with Crippen LogP contribution < -0.4 is 5.73 Å². The summed E-state index contributed by atoms with van der Waals surface area (Å²) >= 11 is 1.48. The molecule has 1 atom stereocenters. The number of nitrogens with two attached hydrogens (primary N) is 1. The molecule has 17 heavy (non-hydrogen) atoms. The van der Waals surface area contributed by atoms with Gasteiger partial charge in [0, 0.05) is 6.26 Å². The third-order valence-electron chi connectivity index (χ3n) is 2.45. The first-order chi connectivity index (χ1) is 8.23. The van der Waals surface area contributed by atoms with E-state index in [0.717, 1.165) is 5.82 Å². The van der Waals surface area contributed by atoms with E-state index in [1.54, 1.807) is 24.7 Å². The average Bonchev–Trinajstić information content (AvgIpc) is 2.93. The molecule has 0 amide bonds. The van der Waals surface area contributed by atoms with Crippen LogP contribution in [0.5, 0.6) is 0 Å². The average molecular weight is 248 g/mol. The summed E-state index contributed by atoms with van der Waals surface area (Å²) in [5.74, 6) is 2.35. The molecule has 2 aliphatic heterocycles.